The normalized spacial score (nSPS) is 17.7. The maximum Gasteiger partial charge on any atom is 0.310 e. The van der Waals surface area contributed by atoms with Gasteiger partial charge in [-0.2, -0.15) is 0 Å². The van der Waals surface area contributed by atoms with Crippen LogP contribution in [0.25, 0.3) is 0 Å². The standard InChI is InChI=1S/C17H21FN2O4/c1-4-20(10-11(2)17(22)23-3)16(21)15-9-14(19-24-15)12-6-5-7-13(18)8-12/h5-8,11,15H,4,9-10H2,1-3H3/t11-,15+/m1/s1. The van der Waals surface area contributed by atoms with Crippen LogP contribution in [0.2, 0.25) is 0 Å². The fourth-order valence-corrected chi connectivity index (χ4v) is 2.53. The number of rotatable bonds is 6. The number of esters is 1. The Hall–Kier alpha value is -2.44. The van der Waals surface area contributed by atoms with Gasteiger partial charge in [-0.3, -0.25) is 9.59 Å². The van der Waals surface area contributed by atoms with Crippen molar-refractivity contribution in [3.8, 4) is 0 Å². The van der Waals surface area contributed by atoms with Gasteiger partial charge in [-0.25, -0.2) is 4.39 Å². The van der Waals surface area contributed by atoms with Gasteiger partial charge >= 0.3 is 5.97 Å². The molecule has 1 aliphatic rings. The van der Waals surface area contributed by atoms with Crippen LogP contribution in [0.1, 0.15) is 25.8 Å². The second-order valence-corrected chi connectivity index (χ2v) is 5.65. The molecule has 0 saturated carbocycles. The number of hydrogen-bond donors (Lipinski definition) is 0. The molecule has 1 amide bonds. The molecule has 0 aliphatic carbocycles. The summed E-state index contributed by atoms with van der Waals surface area (Å²) in [5, 5.41) is 3.91. The summed E-state index contributed by atoms with van der Waals surface area (Å²) in [6.45, 7) is 4.21. The topological polar surface area (TPSA) is 68.2 Å². The minimum Gasteiger partial charge on any atom is -0.469 e. The largest absolute Gasteiger partial charge is 0.469 e. The van der Waals surface area contributed by atoms with Crippen molar-refractivity contribution in [2.24, 2.45) is 11.1 Å². The summed E-state index contributed by atoms with van der Waals surface area (Å²) in [6, 6.07) is 6.00. The first kappa shape index (κ1) is 17.9. The minimum atomic E-state index is -0.756. The molecule has 2 rings (SSSR count). The van der Waals surface area contributed by atoms with Crippen molar-refractivity contribution in [1.82, 2.24) is 4.90 Å². The first-order valence-corrected chi connectivity index (χ1v) is 7.81. The van der Waals surface area contributed by atoms with Gasteiger partial charge in [0.1, 0.15) is 5.82 Å². The molecule has 0 aromatic heterocycles. The summed E-state index contributed by atoms with van der Waals surface area (Å²) in [5.41, 5.74) is 1.13. The second-order valence-electron chi connectivity index (χ2n) is 5.65. The number of benzene rings is 1. The van der Waals surface area contributed by atoms with Gasteiger partial charge in [-0.05, 0) is 19.1 Å². The molecule has 2 atom stereocenters. The number of hydrogen-bond acceptors (Lipinski definition) is 5. The van der Waals surface area contributed by atoms with Gasteiger partial charge in [-0.15, -0.1) is 0 Å². The molecule has 0 N–H and O–H groups in total. The van der Waals surface area contributed by atoms with E-state index in [9.17, 15) is 14.0 Å². The maximum atomic E-state index is 13.3. The van der Waals surface area contributed by atoms with E-state index in [1.54, 1.807) is 19.1 Å². The Balaban J connectivity index is 1.99. The molecule has 6 nitrogen and oxygen atoms in total. The van der Waals surface area contributed by atoms with Crippen LogP contribution in [0, 0.1) is 11.7 Å². The quantitative estimate of drug-likeness (QED) is 0.745. The molecule has 0 spiro atoms. The van der Waals surface area contributed by atoms with Crippen molar-refractivity contribution in [3.05, 3.63) is 35.6 Å². The van der Waals surface area contributed by atoms with E-state index < -0.39 is 12.0 Å². The molecule has 0 bridgehead atoms. The third kappa shape index (κ3) is 4.10. The van der Waals surface area contributed by atoms with Crippen LogP contribution in [-0.4, -0.2) is 48.8 Å². The van der Waals surface area contributed by atoms with Crippen LogP contribution < -0.4 is 0 Å². The van der Waals surface area contributed by atoms with E-state index in [0.29, 0.717) is 17.8 Å². The number of nitrogens with zero attached hydrogens (tertiary/aromatic N) is 2. The molecule has 130 valence electrons. The highest BCUT2D eigenvalue weighted by Crippen LogP contribution is 2.19. The number of ether oxygens (including phenoxy) is 1. The average Bonchev–Trinajstić information content (AvgIpc) is 3.08. The van der Waals surface area contributed by atoms with Crippen LogP contribution in [0.3, 0.4) is 0 Å². The van der Waals surface area contributed by atoms with E-state index in [1.807, 2.05) is 6.92 Å². The average molecular weight is 336 g/mol. The molecule has 0 fully saturated rings. The minimum absolute atomic E-state index is 0.247. The summed E-state index contributed by atoms with van der Waals surface area (Å²) in [6.07, 6.45) is -0.487. The number of methoxy groups -OCH3 is 1. The van der Waals surface area contributed by atoms with E-state index in [2.05, 4.69) is 9.89 Å². The summed E-state index contributed by atoms with van der Waals surface area (Å²) in [4.78, 5) is 30.9. The summed E-state index contributed by atoms with van der Waals surface area (Å²) in [5.74, 6) is -1.41. The molecule has 1 aliphatic heterocycles. The summed E-state index contributed by atoms with van der Waals surface area (Å²) < 4.78 is 18.0. The van der Waals surface area contributed by atoms with Gasteiger partial charge in [0.2, 0.25) is 6.10 Å². The highest BCUT2D eigenvalue weighted by atomic mass is 19.1. The first-order valence-electron chi connectivity index (χ1n) is 7.81. The summed E-state index contributed by atoms with van der Waals surface area (Å²) in [7, 11) is 1.32. The zero-order valence-corrected chi connectivity index (χ0v) is 14.0. The Morgan fingerprint density at radius 1 is 1.50 bits per heavy atom. The van der Waals surface area contributed by atoms with Gasteiger partial charge in [0, 0.05) is 25.1 Å². The highest BCUT2D eigenvalue weighted by molar-refractivity contribution is 6.04. The van der Waals surface area contributed by atoms with E-state index in [4.69, 9.17) is 4.84 Å². The third-order valence-corrected chi connectivity index (χ3v) is 3.89. The molecule has 0 radical (unpaired) electrons. The van der Waals surface area contributed by atoms with Crippen LogP contribution in [0.15, 0.2) is 29.4 Å². The van der Waals surface area contributed by atoms with Crippen LogP contribution in [0.4, 0.5) is 4.39 Å². The number of halogens is 1. The van der Waals surface area contributed by atoms with Gasteiger partial charge in [0.25, 0.3) is 5.91 Å². The van der Waals surface area contributed by atoms with Crippen LogP contribution >= 0.6 is 0 Å². The zero-order valence-electron chi connectivity index (χ0n) is 14.0. The fraction of sp³-hybridized carbons (Fsp3) is 0.471. The van der Waals surface area contributed by atoms with E-state index in [1.165, 1.54) is 24.1 Å². The first-order chi connectivity index (χ1) is 11.5. The highest BCUT2D eigenvalue weighted by Gasteiger charge is 2.33. The predicted molar refractivity (Wildman–Crippen MR) is 85.9 cm³/mol. The molecule has 1 aromatic rings. The summed E-state index contributed by atoms with van der Waals surface area (Å²) >= 11 is 0. The molecular weight excluding hydrogens is 315 g/mol. The van der Waals surface area contributed by atoms with Crippen molar-refractivity contribution < 1.29 is 23.6 Å². The lowest BCUT2D eigenvalue weighted by atomic mass is 10.0. The second kappa shape index (κ2) is 7.90. The predicted octanol–water partition coefficient (Wildman–Crippen LogP) is 1.98. The van der Waals surface area contributed by atoms with Crippen molar-refractivity contribution in [1.29, 1.82) is 0 Å². The Labute approximate surface area is 140 Å². The smallest absolute Gasteiger partial charge is 0.310 e. The number of likely N-dealkylation sites (N-methyl/N-ethyl adjacent to an activating group) is 1. The molecule has 24 heavy (non-hydrogen) atoms. The third-order valence-electron chi connectivity index (χ3n) is 3.89. The van der Waals surface area contributed by atoms with Gasteiger partial charge in [0.15, 0.2) is 0 Å². The van der Waals surface area contributed by atoms with Gasteiger partial charge in [0.05, 0.1) is 18.7 Å². The SMILES string of the molecule is CCN(C[C@@H](C)C(=O)OC)C(=O)[C@@H]1CC(c2cccc(F)c2)=NO1. The maximum absolute atomic E-state index is 13.3. The van der Waals surface area contributed by atoms with Crippen molar-refractivity contribution in [2.45, 2.75) is 26.4 Å². The molecule has 0 saturated heterocycles. The molecule has 0 unspecified atom stereocenters. The van der Waals surface area contributed by atoms with E-state index >= 15 is 0 Å². The van der Waals surface area contributed by atoms with Crippen LogP contribution in [0.5, 0.6) is 0 Å². The van der Waals surface area contributed by atoms with Crippen molar-refractivity contribution >= 4 is 17.6 Å². The van der Waals surface area contributed by atoms with Gasteiger partial charge in [-0.1, -0.05) is 24.2 Å². The number of amides is 1. The zero-order chi connectivity index (χ0) is 17.7. The number of oxime groups is 1. The Kier molecular flexibility index (Phi) is 5.89. The lowest BCUT2D eigenvalue weighted by molar-refractivity contribution is -0.148. The molecular formula is C17H21FN2O4. The van der Waals surface area contributed by atoms with Gasteiger partial charge < -0.3 is 14.5 Å². The Morgan fingerprint density at radius 2 is 2.25 bits per heavy atom. The molecule has 1 heterocycles. The molecule has 7 heteroatoms. The Bertz CT molecular complexity index is 647. The monoisotopic (exact) mass is 336 g/mol. The lowest BCUT2D eigenvalue weighted by Gasteiger charge is -2.25. The van der Waals surface area contributed by atoms with Crippen molar-refractivity contribution in [3.63, 3.8) is 0 Å². The fourth-order valence-electron chi connectivity index (χ4n) is 2.53. The number of carbonyl (C=O) groups is 2. The Morgan fingerprint density at radius 3 is 2.88 bits per heavy atom. The molecule has 1 aromatic carbocycles. The van der Waals surface area contributed by atoms with Crippen LogP contribution in [-0.2, 0) is 19.2 Å². The van der Waals surface area contributed by atoms with E-state index in [-0.39, 0.29) is 30.7 Å². The van der Waals surface area contributed by atoms with E-state index in [0.717, 1.165) is 0 Å². The number of carbonyl (C=O) groups excluding carboxylic acids is 2. The lowest BCUT2D eigenvalue weighted by Crippen LogP contribution is -2.42. The van der Waals surface area contributed by atoms with Crippen molar-refractivity contribution in [2.75, 3.05) is 20.2 Å².